The lowest BCUT2D eigenvalue weighted by molar-refractivity contribution is -0.188. The van der Waals surface area contributed by atoms with E-state index in [0.29, 0.717) is 19.4 Å². The van der Waals surface area contributed by atoms with Crippen LogP contribution in [-0.4, -0.2) is 24.2 Å². The second kappa shape index (κ2) is 5.47. The van der Waals surface area contributed by atoms with Crippen molar-refractivity contribution >= 4 is 5.91 Å². The van der Waals surface area contributed by atoms with E-state index in [1.165, 1.54) is 0 Å². The molecule has 18 heavy (non-hydrogen) atoms. The van der Waals surface area contributed by atoms with Crippen LogP contribution in [0, 0.1) is 11.8 Å². The van der Waals surface area contributed by atoms with Crippen LogP contribution in [0.5, 0.6) is 0 Å². The highest BCUT2D eigenvalue weighted by Crippen LogP contribution is 2.41. The normalized spacial score (nSPS) is 29.6. The van der Waals surface area contributed by atoms with Gasteiger partial charge < -0.3 is 11.1 Å². The van der Waals surface area contributed by atoms with Crippen molar-refractivity contribution in [3.05, 3.63) is 0 Å². The van der Waals surface area contributed by atoms with E-state index < -0.39 is 23.5 Å². The zero-order valence-electron chi connectivity index (χ0n) is 10.8. The zero-order chi connectivity index (χ0) is 14.0. The Bertz CT molecular complexity index is 304. The average Bonchev–Trinajstić information content (AvgIpc) is 2.25. The first-order valence-electron chi connectivity index (χ1n) is 6.29. The van der Waals surface area contributed by atoms with E-state index in [1.54, 1.807) is 0 Å². The fraction of sp³-hybridized carbons (Fsp3) is 0.917. The number of nitrogens with two attached hydrogens (primary N) is 1. The van der Waals surface area contributed by atoms with Crippen molar-refractivity contribution in [3.63, 3.8) is 0 Å². The molecule has 106 valence electrons. The monoisotopic (exact) mass is 266 g/mol. The van der Waals surface area contributed by atoms with E-state index in [1.807, 2.05) is 13.8 Å². The van der Waals surface area contributed by atoms with Gasteiger partial charge in [-0.25, -0.2) is 0 Å². The zero-order valence-corrected chi connectivity index (χ0v) is 10.8. The minimum Gasteiger partial charge on any atom is -0.368 e. The Balaban J connectivity index is 2.81. The lowest BCUT2D eigenvalue weighted by Gasteiger charge is -2.40. The Hall–Kier alpha value is -0.780. The molecule has 1 fully saturated rings. The number of rotatable bonds is 4. The summed E-state index contributed by atoms with van der Waals surface area (Å²) in [6, 6.07) is 0. The maximum atomic E-state index is 12.8. The van der Waals surface area contributed by atoms with Gasteiger partial charge in [0.2, 0.25) is 5.91 Å². The predicted octanol–water partition coefficient (Wildman–Crippen LogP) is 2.21. The molecule has 3 nitrogen and oxygen atoms in total. The molecule has 1 aliphatic rings. The van der Waals surface area contributed by atoms with Crippen LogP contribution in [0.1, 0.15) is 39.5 Å². The second-order valence-corrected chi connectivity index (χ2v) is 5.56. The Morgan fingerprint density at radius 2 is 2.11 bits per heavy atom. The van der Waals surface area contributed by atoms with Crippen LogP contribution >= 0.6 is 0 Å². The second-order valence-electron chi connectivity index (χ2n) is 5.56. The molecule has 1 rings (SSSR count). The maximum Gasteiger partial charge on any atom is 0.391 e. The standard InChI is InChI=1S/C12H21F3N2O/c1-8(2)7-17-11(10(16)18)5-3-4-9(6-11)12(13,14)15/h8-9,17H,3-7H2,1-2H3,(H2,16,18). The van der Waals surface area contributed by atoms with E-state index in [0.717, 1.165) is 0 Å². The molecular formula is C12H21F3N2O. The van der Waals surface area contributed by atoms with Crippen LogP contribution in [0.2, 0.25) is 0 Å². The topological polar surface area (TPSA) is 55.1 Å². The smallest absolute Gasteiger partial charge is 0.368 e. The Kier molecular flexibility index (Phi) is 4.64. The quantitative estimate of drug-likeness (QED) is 0.819. The van der Waals surface area contributed by atoms with E-state index in [2.05, 4.69) is 5.32 Å². The van der Waals surface area contributed by atoms with Gasteiger partial charge in [-0.15, -0.1) is 0 Å². The first kappa shape index (κ1) is 15.3. The van der Waals surface area contributed by atoms with Crippen molar-refractivity contribution in [1.82, 2.24) is 5.32 Å². The van der Waals surface area contributed by atoms with Crippen molar-refractivity contribution in [2.24, 2.45) is 17.6 Å². The summed E-state index contributed by atoms with van der Waals surface area (Å²) in [5, 5.41) is 2.96. The molecule has 0 saturated heterocycles. The van der Waals surface area contributed by atoms with Crippen LogP contribution in [0.25, 0.3) is 0 Å². The van der Waals surface area contributed by atoms with Crippen LogP contribution in [0.3, 0.4) is 0 Å². The molecule has 2 atom stereocenters. The van der Waals surface area contributed by atoms with E-state index in [4.69, 9.17) is 5.73 Å². The number of carbonyl (C=O) groups excluding carboxylic acids is 1. The molecule has 0 aromatic rings. The van der Waals surface area contributed by atoms with Gasteiger partial charge >= 0.3 is 6.18 Å². The SMILES string of the molecule is CC(C)CNC1(C(N)=O)CCCC(C(F)(F)F)C1. The number of primary amides is 1. The van der Waals surface area contributed by atoms with Gasteiger partial charge in [0, 0.05) is 0 Å². The van der Waals surface area contributed by atoms with E-state index in [9.17, 15) is 18.0 Å². The van der Waals surface area contributed by atoms with Gasteiger partial charge in [-0.05, 0) is 31.7 Å². The molecule has 0 radical (unpaired) electrons. The van der Waals surface area contributed by atoms with Crippen molar-refractivity contribution < 1.29 is 18.0 Å². The molecule has 1 amide bonds. The number of alkyl halides is 3. The van der Waals surface area contributed by atoms with Gasteiger partial charge in [0.15, 0.2) is 0 Å². The predicted molar refractivity (Wildman–Crippen MR) is 62.8 cm³/mol. The molecule has 2 unspecified atom stereocenters. The van der Waals surface area contributed by atoms with E-state index in [-0.39, 0.29) is 18.8 Å². The van der Waals surface area contributed by atoms with Crippen LogP contribution in [0.4, 0.5) is 13.2 Å². The molecule has 3 N–H and O–H groups in total. The number of hydrogen-bond acceptors (Lipinski definition) is 2. The lowest BCUT2D eigenvalue weighted by atomic mass is 9.74. The minimum absolute atomic E-state index is 0.0852. The van der Waals surface area contributed by atoms with Crippen molar-refractivity contribution in [3.8, 4) is 0 Å². The summed E-state index contributed by atoms with van der Waals surface area (Å²) in [7, 11) is 0. The molecule has 0 spiro atoms. The van der Waals surface area contributed by atoms with Gasteiger partial charge in [-0.3, -0.25) is 4.79 Å². The molecular weight excluding hydrogens is 245 g/mol. The van der Waals surface area contributed by atoms with Gasteiger partial charge in [-0.1, -0.05) is 20.3 Å². The first-order chi connectivity index (χ1) is 8.17. The lowest BCUT2D eigenvalue weighted by Crippen LogP contribution is -2.59. The van der Waals surface area contributed by atoms with Crippen molar-refractivity contribution in [1.29, 1.82) is 0 Å². The summed E-state index contributed by atoms with van der Waals surface area (Å²) in [6.45, 7) is 4.37. The molecule has 0 aromatic carbocycles. The van der Waals surface area contributed by atoms with Crippen molar-refractivity contribution in [2.75, 3.05) is 6.54 Å². The molecule has 0 bridgehead atoms. The summed E-state index contributed by atoms with van der Waals surface area (Å²) >= 11 is 0. The maximum absolute atomic E-state index is 12.8. The molecule has 1 aliphatic carbocycles. The van der Waals surface area contributed by atoms with Crippen molar-refractivity contribution in [2.45, 2.75) is 51.2 Å². The fourth-order valence-electron chi connectivity index (χ4n) is 2.43. The Morgan fingerprint density at radius 1 is 1.50 bits per heavy atom. The number of hydrogen-bond donors (Lipinski definition) is 2. The van der Waals surface area contributed by atoms with Gasteiger partial charge in [0.1, 0.15) is 0 Å². The summed E-state index contributed by atoms with van der Waals surface area (Å²) in [4.78, 5) is 11.6. The minimum atomic E-state index is -4.25. The largest absolute Gasteiger partial charge is 0.391 e. The van der Waals surface area contributed by atoms with Gasteiger partial charge in [0.05, 0.1) is 11.5 Å². The Labute approximate surface area is 105 Å². The summed E-state index contributed by atoms with van der Waals surface area (Å²) in [5.41, 5.74) is 4.13. The number of carbonyl (C=O) groups is 1. The average molecular weight is 266 g/mol. The number of amides is 1. The number of halogens is 3. The third-order valence-corrected chi connectivity index (χ3v) is 3.53. The highest BCUT2D eigenvalue weighted by molar-refractivity contribution is 5.84. The fourth-order valence-corrected chi connectivity index (χ4v) is 2.43. The van der Waals surface area contributed by atoms with Crippen LogP contribution in [0.15, 0.2) is 0 Å². The highest BCUT2D eigenvalue weighted by Gasteiger charge is 2.49. The summed E-state index contributed by atoms with van der Waals surface area (Å²) in [6.07, 6.45) is -3.64. The third kappa shape index (κ3) is 3.60. The van der Waals surface area contributed by atoms with Crippen LogP contribution < -0.4 is 11.1 Å². The Morgan fingerprint density at radius 3 is 2.56 bits per heavy atom. The highest BCUT2D eigenvalue weighted by atomic mass is 19.4. The van der Waals surface area contributed by atoms with Gasteiger partial charge in [0.25, 0.3) is 0 Å². The molecule has 0 aromatic heterocycles. The molecule has 1 saturated carbocycles. The van der Waals surface area contributed by atoms with Crippen LogP contribution in [-0.2, 0) is 4.79 Å². The first-order valence-corrected chi connectivity index (χ1v) is 6.29. The third-order valence-electron chi connectivity index (χ3n) is 3.53. The van der Waals surface area contributed by atoms with Gasteiger partial charge in [-0.2, -0.15) is 13.2 Å². The van der Waals surface area contributed by atoms with E-state index >= 15 is 0 Å². The molecule has 0 heterocycles. The molecule has 0 aliphatic heterocycles. The molecule has 6 heteroatoms. The summed E-state index contributed by atoms with van der Waals surface area (Å²) in [5.74, 6) is -1.84. The summed E-state index contributed by atoms with van der Waals surface area (Å²) < 4.78 is 38.3. The number of nitrogens with one attached hydrogen (secondary N) is 1.